The van der Waals surface area contributed by atoms with Crippen molar-refractivity contribution in [3.05, 3.63) is 30.3 Å². The third kappa shape index (κ3) is 4.55. The molecule has 126 valence electrons. The van der Waals surface area contributed by atoms with Crippen LogP contribution in [0.3, 0.4) is 0 Å². The summed E-state index contributed by atoms with van der Waals surface area (Å²) in [7, 11) is 0. The van der Waals surface area contributed by atoms with Gasteiger partial charge in [-0.05, 0) is 24.5 Å². The second-order valence-corrected chi connectivity index (χ2v) is 6.23. The van der Waals surface area contributed by atoms with Crippen LogP contribution in [0.1, 0.15) is 33.1 Å². The Morgan fingerprint density at radius 3 is 2.57 bits per heavy atom. The number of carbonyl (C=O) groups is 2. The highest BCUT2D eigenvalue weighted by Crippen LogP contribution is 2.28. The van der Waals surface area contributed by atoms with Crippen LogP contribution in [0, 0.1) is 5.92 Å². The van der Waals surface area contributed by atoms with Gasteiger partial charge in [-0.1, -0.05) is 32.0 Å². The number of amides is 1. The van der Waals surface area contributed by atoms with Crippen LogP contribution in [-0.4, -0.2) is 47.6 Å². The van der Waals surface area contributed by atoms with E-state index in [4.69, 9.17) is 5.11 Å². The minimum Gasteiger partial charge on any atom is -0.481 e. The highest BCUT2D eigenvalue weighted by molar-refractivity contribution is 5.93. The number of piperidine rings is 1. The molecule has 0 saturated carbocycles. The van der Waals surface area contributed by atoms with E-state index in [0.717, 1.165) is 25.2 Å². The van der Waals surface area contributed by atoms with Gasteiger partial charge in [-0.25, -0.2) is 0 Å². The van der Waals surface area contributed by atoms with Crippen molar-refractivity contribution in [1.82, 2.24) is 4.90 Å². The van der Waals surface area contributed by atoms with Gasteiger partial charge in [0, 0.05) is 37.8 Å². The third-order valence-electron chi connectivity index (χ3n) is 4.52. The smallest absolute Gasteiger partial charge is 0.304 e. The van der Waals surface area contributed by atoms with Crippen molar-refractivity contribution in [1.29, 1.82) is 0 Å². The molecule has 0 spiro atoms. The number of carboxylic acid groups (broad SMARTS) is 1. The maximum Gasteiger partial charge on any atom is 0.304 e. The van der Waals surface area contributed by atoms with Gasteiger partial charge in [0.1, 0.15) is 0 Å². The van der Waals surface area contributed by atoms with Crippen LogP contribution in [-0.2, 0) is 9.59 Å². The zero-order chi connectivity index (χ0) is 16.8. The Balaban J connectivity index is 2.09. The SMILES string of the molecule is CCC(=O)N(c1ccccc1)C1CCN(CCC(=O)O)CC1C. The first-order valence-corrected chi connectivity index (χ1v) is 8.34. The first-order chi connectivity index (χ1) is 11.0. The number of rotatable bonds is 6. The Hall–Kier alpha value is -1.88. The predicted octanol–water partition coefficient (Wildman–Crippen LogP) is 2.61. The van der Waals surface area contributed by atoms with Crippen molar-refractivity contribution >= 4 is 17.6 Å². The molecule has 1 aromatic rings. The molecule has 0 bridgehead atoms. The van der Waals surface area contributed by atoms with Crippen molar-refractivity contribution in [2.75, 3.05) is 24.5 Å². The molecule has 5 heteroatoms. The summed E-state index contributed by atoms with van der Waals surface area (Å²) < 4.78 is 0. The van der Waals surface area contributed by atoms with Crippen LogP contribution in [0.5, 0.6) is 0 Å². The van der Waals surface area contributed by atoms with Crippen molar-refractivity contribution < 1.29 is 14.7 Å². The molecule has 1 amide bonds. The van der Waals surface area contributed by atoms with E-state index < -0.39 is 5.97 Å². The summed E-state index contributed by atoms with van der Waals surface area (Å²) in [5, 5.41) is 8.82. The first kappa shape index (κ1) is 17.5. The molecule has 1 aromatic carbocycles. The van der Waals surface area contributed by atoms with Gasteiger partial charge in [0.2, 0.25) is 5.91 Å². The first-order valence-electron chi connectivity index (χ1n) is 8.34. The Morgan fingerprint density at radius 1 is 1.30 bits per heavy atom. The molecule has 2 unspecified atom stereocenters. The molecule has 1 saturated heterocycles. The van der Waals surface area contributed by atoms with Crippen molar-refractivity contribution in [3.8, 4) is 0 Å². The molecule has 0 aliphatic carbocycles. The molecule has 1 fully saturated rings. The van der Waals surface area contributed by atoms with Gasteiger partial charge in [-0.3, -0.25) is 9.59 Å². The van der Waals surface area contributed by atoms with Crippen molar-refractivity contribution in [3.63, 3.8) is 0 Å². The quantitative estimate of drug-likeness (QED) is 0.876. The lowest BCUT2D eigenvalue weighted by Crippen LogP contribution is -2.52. The zero-order valence-electron chi connectivity index (χ0n) is 13.9. The third-order valence-corrected chi connectivity index (χ3v) is 4.52. The Morgan fingerprint density at radius 2 is 2.00 bits per heavy atom. The number of carbonyl (C=O) groups excluding carboxylic acids is 1. The van der Waals surface area contributed by atoms with E-state index in [1.807, 2.05) is 42.2 Å². The molecule has 23 heavy (non-hydrogen) atoms. The number of anilines is 1. The summed E-state index contributed by atoms with van der Waals surface area (Å²) in [4.78, 5) is 27.4. The summed E-state index contributed by atoms with van der Waals surface area (Å²) in [6.07, 6.45) is 1.54. The summed E-state index contributed by atoms with van der Waals surface area (Å²) in [5.41, 5.74) is 0.954. The van der Waals surface area contributed by atoms with Crippen LogP contribution < -0.4 is 4.90 Å². The molecular weight excluding hydrogens is 292 g/mol. The van der Waals surface area contributed by atoms with E-state index in [1.165, 1.54) is 0 Å². The van der Waals surface area contributed by atoms with Crippen LogP contribution in [0.4, 0.5) is 5.69 Å². The van der Waals surface area contributed by atoms with Gasteiger partial charge >= 0.3 is 5.97 Å². The van der Waals surface area contributed by atoms with Crippen molar-refractivity contribution in [2.45, 2.75) is 39.2 Å². The van der Waals surface area contributed by atoms with E-state index in [2.05, 4.69) is 11.8 Å². The summed E-state index contributed by atoms with van der Waals surface area (Å²) in [6.45, 7) is 6.29. The highest BCUT2D eigenvalue weighted by Gasteiger charge is 2.33. The average molecular weight is 318 g/mol. The topological polar surface area (TPSA) is 60.9 Å². The molecule has 1 heterocycles. The fraction of sp³-hybridized carbons (Fsp3) is 0.556. The fourth-order valence-electron chi connectivity index (χ4n) is 3.34. The predicted molar refractivity (Wildman–Crippen MR) is 90.5 cm³/mol. The lowest BCUT2D eigenvalue weighted by atomic mass is 9.91. The molecule has 2 atom stereocenters. The van der Waals surface area contributed by atoms with E-state index in [9.17, 15) is 9.59 Å². The molecule has 1 aliphatic heterocycles. The zero-order valence-corrected chi connectivity index (χ0v) is 13.9. The van der Waals surface area contributed by atoms with Gasteiger partial charge in [-0.15, -0.1) is 0 Å². The Kier molecular flexibility index (Phi) is 6.16. The van der Waals surface area contributed by atoms with Gasteiger partial charge in [0.25, 0.3) is 0 Å². The average Bonchev–Trinajstić information content (AvgIpc) is 2.55. The maximum absolute atomic E-state index is 12.5. The van der Waals surface area contributed by atoms with Gasteiger partial charge in [-0.2, -0.15) is 0 Å². The summed E-state index contributed by atoms with van der Waals surface area (Å²) >= 11 is 0. The molecular formula is C18H26N2O3. The lowest BCUT2D eigenvalue weighted by Gasteiger charge is -2.42. The maximum atomic E-state index is 12.5. The monoisotopic (exact) mass is 318 g/mol. The van der Waals surface area contributed by atoms with E-state index in [0.29, 0.717) is 18.9 Å². The van der Waals surface area contributed by atoms with Gasteiger partial charge in [0.05, 0.1) is 6.42 Å². The number of aliphatic carboxylic acids is 1. The van der Waals surface area contributed by atoms with Crippen molar-refractivity contribution in [2.24, 2.45) is 5.92 Å². The largest absolute Gasteiger partial charge is 0.481 e. The minimum atomic E-state index is -0.758. The highest BCUT2D eigenvalue weighted by atomic mass is 16.4. The molecule has 0 aromatic heterocycles. The molecule has 2 rings (SSSR count). The molecule has 1 aliphatic rings. The van der Waals surface area contributed by atoms with Gasteiger partial charge < -0.3 is 14.9 Å². The number of hydrogen-bond donors (Lipinski definition) is 1. The van der Waals surface area contributed by atoms with Crippen LogP contribution in [0.25, 0.3) is 0 Å². The lowest BCUT2D eigenvalue weighted by molar-refractivity contribution is -0.137. The molecule has 5 nitrogen and oxygen atoms in total. The number of benzene rings is 1. The number of nitrogens with zero attached hydrogens (tertiary/aromatic N) is 2. The van der Waals surface area contributed by atoms with E-state index >= 15 is 0 Å². The second kappa shape index (κ2) is 8.11. The summed E-state index contributed by atoms with van der Waals surface area (Å²) in [5.74, 6) is -0.299. The number of likely N-dealkylation sites (tertiary alicyclic amines) is 1. The Bertz CT molecular complexity index is 532. The van der Waals surface area contributed by atoms with Gasteiger partial charge in [0.15, 0.2) is 0 Å². The fourth-order valence-corrected chi connectivity index (χ4v) is 3.34. The minimum absolute atomic E-state index is 0.145. The summed E-state index contributed by atoms with van der Waals surface area (Å²) in [6, 6.07) is 10.0. The normalized spacial score (nSPS) is 21.8. The van der Waals surface area contributed by atoms with E-state index in [1.54, 1.807) is 0 Å². The second-order valence-electron chi connectivity index (χ2n) is 6.23. The number of para-hydroxylation sites is 1. The van der Waals surface area contributed by atoms with E-state index in [-0.39, 0.29) is 18.4 Å². The standard InChI is InChI=1S/C18H26N2O3/c1-3-17(21)20(15-7-5-4-6-8-15)16-9-11-19(13-14(16)2)12-10-18(22)23/h4-8,14,16H,3,9-13H2,1-2H3,(H,22,23). The Labute approximate surface area is 137 Å². The van der Waals surface area contributed by atoms with Crippen LogP contribution >= 0.6 is 0 Å². The van der Waals surface area contributed by atoms with Crippen LogP contribution in [0.2, 0.25) is 0 Å². The molecule has 1 N–H and O–H groups in total. The number of carboxylic acids is 1. The van der Waals surface area contributed by atoms with Crippen LogP contribution in [0.15, 0.2) is 30.3 Å². The number of hydrogen-bond acceptors (Lipinski definition) is 3. The molecule has 0 radical (unpaired) electrons.